The molecule has 138 valence electrons. The number of nitrogens with one attached hydrogen (secondary N) is 1. The van der Waals surface area contributed by atoms with Crippen molar-refractivity contribution in [3.63, 3.8) is 0 Å². The summed E-state index contributed by atoms with van der Waals surface area (Å²) >= 11 is 0. The molecule has 1 aromatic carbocycles. The van der Waals surface area contributed by atoms with Crippen LogP contribution in [0.4, 0.5) is 4.39 Å². The molecule has 1 heterocycles. The van der Waals surface area contributed by atoms with E-state index in [4.69, 9.17) is 14.7 Å². The van der Waals surface area contributed by atoms with Crippen molar-refractivity contribution in [2.75, 3.05) is 6.61 Å². The Morgan fingerprint density at radius 1 is 1.28 bits per heavy atom. The molecular formula is C18H27BFNO4. The molecule has 0 radical (unpaired) electrons. The Bertz CT molecular complexity index is 630. The lowest BCUT2D eigenvalue weighted by molar-refractivity contribution is -0.140. The molecule has 0 unspecified atom stereocenters. The van der Waals surface area contributed by atoms with E-state index in [0.29, 0.717) is 12.2 Å². The first-order chi connectivity index (χ1) is 11.4. The molecule has 2 rings (SSSR count). The first-order valence-corrected chi connectivity index (χ1v) is 8.24. The van der Waals surface area contributed by atoms with Crippen LogP contribution in [0, 0.1) is 18.2 Å². The largest absolute Gasteiger partial charge is 0.494 e. The fourth-order valence-electron chi connectivity index (χ4n) is 2.25. The van der Waals surface area contributed by atoms with Crippen molar-refractivity contribution in [2.24, 2.45) is 0 Å². The van der Waals surface area contributed by atoms with Crippen LogP contribution in [0.3, 0.4) is 0 Å². The van der Waals surface area contributed by atoms with E-state index in [2.05, 4.69) is 4.74 Å². The van der Waals surface area contributed by atoms with Gasteiger partial charge in [-0.25, -0.2) is 4.39 Å². The predicted molar refractivity (Wildman–Crippen MR) is 97.0 cm³/mol. The van der Waals surface area contributed by atoms with Gasteiger partial charge in [-0.2, -0.15) is 0 Å². The van der Waals surface area contributed by atoms with Gasteiger partial charge in [-0.3, -0.25) is 4.79 Å². The molecule has 1 saturated heterocycles. The highest BCUT2D eigenvalue weighted by molar-refractivity contribution is 6.62. The lowest BCUT2D eigenvalue weighted by atomic mass is 9.77. The molecule has 5 nitrogen and oxygen atoms in total. The average molecular weight is 351 g/mol. The average Bonchev–Trinajstić information content (AvgIpc) is 2.70. The van der Waals surface area contributed by atoms with E-state index in [1.807, 2.05) is 27.7 Å². The number of rotatable bonds is 3. The van der Waals surface area contributed by atoms with Crippen LogP contribution in [-0.4, -0.2) is 37.1 Å². The third-order valence-corrected chi connectivity index (χ3v) is 4.33. The van der Waals surface area contributed by atoms with E-state index in [9.17, 15) is 9.18 Å². The molecule has 0 aromatic heterocycles. The second-order valence-electron chi connectivity index (χ2n) is 6.90. The third kappa shape index (κ3) is 5.12. The lowest BCUT2D eigenvalue weighted by Gasteiger charge is -2.32. The number of hydrogen-bond acceptors (Lipinski definition) is 5. The van der Waals surface area contributed by atoms with Gasteiger partial charge in [-0.05, 0) is 52.6 Å². The molecule has 1 N–H and O–H groups in total. The molecule has 0 amide bonds. The highest BCUT2D eigenvalue weighted by atomic mass is 19.1. The molecular weight excluding hydrogens is 324 g/mol. The van der Waals surface area contributed by atoms with Crippen molar-refractivity contribution in [3.05, 3.63) is 29.1 Å². The third-order valence-electron chi connectivity index (χ3n) is 4.33. The normalized spacial score (nSPS) is 17.5. The van der Waals surface area contributed by atoms with Gasteiger partial charge < -0.3 is 19.5 Å². The number of esters is 1. The summed E-state index contributed by atoms with van der Waals surface area (Å²) in [5.41, 5.74) is 0.641. The Balaban J connectivity index is 0.000000450. The summed E-state index contributed by atoms with van der Waals surface area (Å²) < 4.78 is 30.0. The second-order valence-corrected chi connectivity index (χ2v) is 6.90. The van der Waals surface area contributed by atoms with Crippen LogP contribution < -0.4 is 5.46 Å². The Morgan fingerprint density at radius 2 is 1.80 bits per heavy atom. The zero-order valence-electron chi connectivity index (χ0n) is 16.0. The van der Waals surface area contributed by atoms with E-state index in [0.717, 1.165) is 11.7 Å². The SMILES string of the molecule is CCOC(C)=O.Cc1cc(B2OC(C)(C)C(C)(C)O2)cc(C=N)c1F. The smallest absolute Gasteiger partial charge is 0.466 e. The van der Waals surface area contributed by atoms with Crippen LogP contribution in [0.2, 0.25) is 0 Å². The van der Waals surface area contributed by atoms with E-state index >= 15 is 0 Å². The number of benzene rings is 1. The lowest BCUT2D eigenvalue weighted by Crippen LogP contribution is -2.41. The number of aryl methyl sites for hydroxylation is 1. The van der Waals surface area contributed by atoms with Crippen LogP contribution in [0.15, 0.2) is 12.1 Å². The standard InChI is InChI=1S/C14H19BFNO2.C4H8O2/c1-9-6-11(7-10(8-17)12(9)16)15-18-13(2,3)14(4,5)19-15;1-3-6-4(2)5/h6-8,17H,1-5H3;3H2,1-2H3. The first kappa shape index (κ1) is 21.3. The Labute approximate surface area is 149 Å². The summed E-state index contributed by atoms with van der Waals surface area (Å²) in [6.07, 6.45) is 1.01. The van der Waals surface area contributed by atoms with Gasteiger partial charge in [-0.1, -0.05) is 12.1 Å². The fourth-order valence-corrected chi connectivity index (χ4v) is 2.25. The predicted octanol–water partition coefficient (Wildman–Crippen LogP) is 3.00. The van der Waals surface area contributed by atoms with Crippen LogP contribution >= 0.6 is 0 Å². The number of halogens is 1. The molecule has 0 spiro atoms. The molecule has 0 saturated carbocycles. The summed E-state index contributed by atoms with van der Waals surface area (Å²) in [4.78, 5) is 9.82. The van der Waals surface area contributed by atoms with Gasteiger partial charge in [0.15, 0.2) is 0 Å². The van der Waals surface area contributed by atoms with E-state index in [1.54, 1.807) is 26.0 Å². The van der Waals surface area contributed by atoms with Gasteiger partial charge >= 0.3 is 13.1 Å². The molecule has 1 aliphatic rings. The van der Waals surface area contributed by atoms with E-state index < -0.39 is 18.3 Å². The van der Waals surface area contributed by atoms with Gasteiger partial charge in [0.2, 0.25) is 0 Å². The molecule has 0 atom stereocenters. The van der Waals surface area contributed by atoms with Crippen LogP contribution in [0.5, 0.6) is 0 Å². The maximum Gasteiger partial charge on any atom is 0.494 e. The minimum atomic E-state index is -0.525. The molecule has 1 fully saturated rings. The highest BCUT2D eigenvalue weighted by Crippen LogP contribution is 2.36. The van der Waals surface area contributed by atoms with Crippen molar-refractivity contribution in [1.29, 1.82) is 5.41 Å². The molecule has 1 aromatic rings. The number of carbonyl (C=O) groups is 1. The van der Waals surface area contributed by atoms with Crippen LogP contribution in [0.25, 0.3) is 0 Å². The monoisotopic (exact) mass is 351 g/mol. The zero-order valence-corrected chi connectivity index (χ0v) is 16.0. The number of hydrogen-bond donors (Lipinski definition) is 1. The summed E-state index contributed by atoms with van der Waals surface area (Å²) in [7, 11) is -0.525. The second kappa shape index (κ2) is 8.10. The van der Waals surface area contributed by atoms with Gasteiger partial charge in [0, 0.05) is 18.7 Å². The van der Waals surface area contributed by atoms with Gasteiger partial charge in [0.1, 0.15) is 5.82 Å². The molecule has 0 bridgehead atoms. The number of carbonyl (C=O) groups excluding carboxylic acids is 1. The van der Waals surface area contributed by atoms with Crippen molar-refractivity contribution >= 4 is 24.8 Å². The Kier molecular flexibility index (Phi) is 6.91. The summed E-state index contributed by atoms with van der Waals surface area (Å²) in [6.45, 7) is 13.2. The van der Waals surface area contributed by atoms with Gasteiger partial charge in [0.25, 0.3) is 0 Å². The topological polar surface area (TPSA) is 68.6 Å². The quantitative estimate of drug-likeness (QED) is 0.516. The molecule has 25 heavy (non-hydrogen) atoms. The fraction of sp³-hybridized carbons (Fsp3) is 0.556. The maximum absolute atomic E-state index is 13.7. The summed E-state index contributed by atoms with van der Waals surface area (Å²) in [6, 6.07) is 3.32. The Hall–Kier alpha value is -1.73. The van der Waals surface area contributed by atoms with Gasteiger partial charge in [-0.15, -0.1) is 0 Å². The van der Waals surface area contributed by atoms with Crippen LogP contribution in [0.1, 0.15) is 52.7 Å². The highest BCUT2D eigenvalue weighted by Gasteiger charge is 2.51. The Morgan fingerprint density at radius 3 is 2.16 bits per heavy atom. The minimum Gasteiger partial charge on any atom is -0.466 e. The number of ether oxygens (including phenoxy) is 1. The molecule has 1 aliphatic heterocycles. The molecule has 7 heteroatoms. The van der Waals surface area contributed by atoms with Crippen molar-refractivity contribution in [1.82, 2.24) is 0 Å². The summed E-state index contributed by atoms with van der Waals surface area (Å²) in [5.74, 6) is -0.576. The van der Waals surface area contributed by atoms with Crippen LogP contribution in [-0.2, 0) is 18.8 Å². The van der Waals surface area contributed by atoms with Crippen molar-refractivity contribution < 1.29 is 23.2 Å². The maximum atomic E-state index is 13.7. The van der Waals surface area contributed by atoms with Crippen molar-refractivity contribution in [2.45, 2.75) is 59.7 Å². The van der Waals surface area contributed by atoms with Crippen molar-refractivity contribution in [3.8, 4) is 0 Å². The van der Waals surface area contributed by atoms with E-state index in [1.165, 1.54) is 6.92 Å². The molecule has 0 aliphatic carbocycles. The first-order valence-electron chi connectivity index (χ1n) is 8.24. The van der Waals surface area contributed by atoms with Gasteiger partial charge in [0.05, 0.1) is 17.8 Å². The van der Waals surface area contributed by atoms with E-state index in [-0.39, 0.29) is 17.3 Å². The summed E-state index contributed by atoms with van der Waals surface area (Å²) in [5, 5.41) is 7.26. The minimum absolute atomic E-state index is 0.211. The zero-order chi connectivity index (χ0) is 19.4.